The van der Waals surface area contributed by atoms with E-state index in [0.717, 1.165) is 50.4 Å². The fourth-order valence-electron chi connectivity index (χ4n) is 3.49. The third-order valence-electron chi connectivity index (χ3n) is 4.73. The molecule has 1 aromatic heterocycles. The summed E-state index contributed by atoms with van der Waals surface area (Å²) in [6, 6.07) is 4.09. The minimum Gasteiger partial charge on any atom is -0.372 e. The zero-order chi connectivity index (χ0) is 16.9. The van der Waals surface area contributed by atoms with Gasteiger partial charge in [0.1, 0.15) is 5.82 Å². The second kappa shape index (κ2) is 9.36. The van der Waals surface area contributed by atoms with Crippen molar-refractivity contribution in [2.24, 2.45) is 5.92 Å². The number of amides is 1. The summed E-state index contributed by atoms with van der Waals surface area (Å²) in [5.41, 5.74) is 1.04. The molecule has 2 atom stereocenters. The SMILES string of the molecule is CC1CN(c2ccc(CNC(=O)C3CCNCC3)cn2)CC(C)O1.Cl. The molecule has 0 saturated carbocycles. The summed E-state index contributed by atoms with van der Waals surface area (Å²) in [7, 11) is 0. The Labute approximate surface area is 156 Å². The zero-order valence-corrected chi connectivity index (χ0v) is 15.8. The number of halogens is 1. The molecule has 1 aromatic rings. The lowest BCUT2D eigenvalue weighted by molar-refractivity contribution is -0.125. The van der Waals surface area contributed by atoms with Crippen LogP contribution < -0.4 is 15.5 Å². The van der Waals surface area contributed by atoms with Crippen LogP contribution in [0.4, 0.5) is 5.82 Å². The summed E-state index contributed by atoms with van der Waals surface area (Å²) in [6.07, 6.45) is 4.16. The third kappa shape index (κ3) is 5.56. The molecule has 7 heteroatoms. The molecule has 0 radical (unpaired) electrons. The third-order valence-corrected chi connectivity index (χ3v) is 4.73. The molecule has 3 heterocycles. The fraction of sp³-hybridized carbons (Fsp3) is 0.667. The molecule has 2 aliphatic rings. The van der Waals surface area contributed by atoms with Crippen LogP contribution in [0.1, 0.15) is 32.3 Å². The Morgan fingerprint density at radius 3 is 2.56 bits per heavy atom. The molecule has 2 fully saturated rings. The Balaban J connectivity index is 0.00000225. The van der Waals surface area contributed by atoms with Gasteiger partial charge in [0, 0.05) is 31.7 Å². The van der Waals surface area contributed by atoms with E-state index < -0.39 is 0 Å². The number of morpholine rings is 1. The summed E-state index contributed by atoms with van der Waals surface area (Å²) in [5, 5.41) is 6.32. The van der Waals surface area contributed by atoms with E-state index in [2.05, 4.69) is 40.4 Å². The standard InChI is InChI=1S/C18H28N4O2.ClH/c1-13-11-22(12-14(2)24-13)17-4-3-15(9-20-17)10-21-18(23)16-5-7-19-8-6-16;/h3-4,9,13-14,16,19H,5-8,10-12H2,1-2H3,(H,21,23);1H. The Bertz CT molecular complexity index is 539. The first-order valence-corrected chi connectivity index (χ1v) is 8.95. The van der Waals surface area contributed by atoms with Crippen LogP contribution in [0.2, 0.25) is 0 Å². The zero-order valence-electron chi connectivity index (χ0n) is 15.0. The second-order valence-electron chi connectivity index (χ2n) is 6.93. The smallest absolute Gasteiger partial charge is 0.223 e. The van der Waals surface area contributed by atoms with Crippen molar-refractivity contribution in [2.75, 3.05) is 31.1 Å². The van der Waals surface area contributed by atoms with Gasteiger partial charge in [-0.25, -0.2) is 4.98 Å². The largest absolute Gasteiger partial charge is 0.372 e. The van der Waals surface area contributed by atoms with Crippen molar-refractivity contribution in [3.8, 4) is 0 Å². The number of carbonyl (C=O) groups excluding carboxylic acids is 1. The Hall–Kier alpha value is -1.37. The first-order chi connectivity index (χ1) is 11.6. The van der Waals surface area contributed by atoms with Crippen LogP contribution in [0.3, 0.4) is 0 Å². The van der Waals surface area contributed by atoms with E-state index in [1.165, 1.54) is 0 Å². The van der Waals surface area contributed by atoms with Gasteiger partial charge in [0.25, 0.3) is 0 Å². The van der Waals surface area contributed by atoms with Gasteiger partial charge in [0.05, 0.1) is 12.2 Å². The topological polar surface area (TPSA) is 66.5 Å². The van der Waals surface area contributed by atoms with E-state index in [-0.39, 0.29) is 36.4 Å². The van der Waals surface area contributed by atoms with Crippen molar-refractivity contribution >= 4 is 24.1 Å². The first-order valence-electron chi connectivity index (χ1n) is 8.95. The average Bonchev–Trinajstić information content (AvgIpc) is 2.60. The predicted octanol–water partition coefficient (Wildman–Crippen LogP) is 1.73. The highest BCUT2D eigenvalue weighted by Gasteiger charge is 2.23. The molecule has 140 valence electrons. The van der Waals surface area contributed by atoms with Gasteiger partial charge in [-0.05, 0) is 51.4 Å². The Morgan fingerprint density at radius 2 is 1.96 bits per heavy atom. The average molecular weight is 369 g/mol. The number of nitrogens with zero attached hydrogens (tertiary/aromatic N) is 2. The number of pyridine rings is 1. The molecule has 0 aliphatic carbocycles. The predicted molar refractivity (Wildman–Crippen MR) is 101 cm³/mol. The summed E-state index contributed by atoms with van der Waals surface area (Å²) in [4.78, 5) is 19.0. The van der Waals surface area contributed by atoms with Crippen LogP contribution >= 0.6 is 12.4 Å². The highest BCUT2D eigenvalue weighted by atomic mass is 35.5. The summed E-state index contributed by atoms with van der Waals surface area (Å²) < 4.78 is 5.76. The maximum atomic E-state index is 12.2. The van der Waals surface area contributed by atoms with Crippen molar-refractivity contribution < 1.29 is 9.53 Å². The number of carbonyl (C=O) groups is 1. The van der Waals surface area contributed by atoms with Crippen LogP contribution in [0.25, 0.3) is 0 Å². The molecule has 0 aromatic carbocycles. The van der Waals surface area contributed by atoms with Gasteiger partial charge in [0.2, 0.25) is 5.91 Å². The van der Waals surface area contributed by atoms with E-state index >= 15 is 0 Å². The summed E-state index contributed by atoms with van der Waals surface area (Å²) in [5.74, 6) is 1.29. The van der Waals surface area contributed by atoms with E-state index in [1.807, 2.05) is 12.3 Å². The van der Waals surface area contributed by atoms with Gasteiger partial charge in [-0.3, -0.25) is 4.79 Å². The van der Waals surface area contributed by atoms with Crippen molar-refractivity contribution in [3.05, 3.63) is 23.9 Å². The number of aromatic nitrogens is 1. The Kier molecular flexibility index (Phi) is 7.47. The molecule has 6 nitrogen and oxygen atoms in total. The van der Waals surface area contributed by atoms with E-state index in [0.29, 0.717) is 6.54 Å². The number of rotatable bonds is 4. The molecule has 3 rings (SSSR count). The van der Waals surface area contributed by atoms with Gasteiger partial charge in [-0.1, -0.05) is 6.07 Å². The quantitative estimate of drug-likeness (QED) is 0.847. The molecule has 25 heavy (non-hydrogen) atoms. The number of piperidine rings is 1. The van der Waals surface area contributed by atoms with E-state index in [4.69, 9.17) is 4.74 Å². The van der Waals surface area contributed by atoms with Crippen molar-refractivity contribution in [2.45, 2.75) is 45.4 Å². The van der Waals surface area contributed by atoms with Crippen LogP contribution in [0, 0.1) is 5.92 Å². The molecule has 2 aliphatic heterocycles. The lowest BCUT2D eigenvalue weighted by atomic mass is 9.97. The van der Waals surface area contributed by atoms with Gasteiger partial charge >= 0.3 is 0 Å². The molecule has 2 unspecified atom stereocenters. The van der Waals surface area contributed by atoms with Gasteiger partial charge in [-0.2, -0.15) is 0 Å². The number of anilines is 1. The van der Waals surface area contributed by atoms with Crippen LogP contribution in [-0.2, 0) is 16.1 Å². The summed E-state index contributed by atoms with van der Waals surface area (Å²) in [6.45, 7) is 8.33. The minimum absolute atomic E-state index is 0. The highest BCUT2D eigenvalue weighted by Crippen LogP contribution is 2.18. The molecule has 0 spiro atoms. The van der Waals surface area contributed by atoms with Crippen LogP contribution in [0.15, 0.2) is 18.3 Å². The van der Waals surface area contributed by atoms with Crippen LogP contribution in [0.5, 0.6) is 0 Å². The molecule has 0 bridgehead atoms. The van der Waals surface area contributed by atoms with Crippen LogP contribution in [-0.4, -0.2) is 49.3 Å². The van der Waals surface area contributed by atoms with Crippen molar-refractivity contribution in [3.63, 3.8) is 0 Å². The number of hydrogen-bond donors (Lipinski definition) is 2. The summed E-state index contributed by atoms with van der Waals surface area (Å²) >= 11 is 0. The lowest BCUT2D eigenvalue weighted by Crippen LogP contribution is -2.45. The van der Waals surface area contributed by atoms with E-state index in [1.54, 1.807) is 0 Å². The van der Waals surface area contributed by atoms with Gasteiger partial charge in [-0.15, -0.1) is 12.4 Å². The molecular weight excluding hydrogens is 340 g/mol. The highest BCUT2D eigenvalue weighted by molar-refractivity contribution is 5.85. The number of hydrogen-bond acceptors (Lipinski definition) is 5. The second-order valence-corrected chi connectivity index (χ2v) is 6.93. The first kappa shape index (κ1) is 19.9. The van der Waals surface area contributed by atoms with Crippen molar-refractivity contribution in [1.29, 1.82) is 0 Å². The maximum Gasteiger partial charge on any atom is 0.223 e. The minimum atomic E-state index is 0. The monoisotopic (exact) mass is 368 g/mol. The molecule has 1 amide bonds. The Morgan fingerprint density at radius 1 is 1.28 bits per heavy atom. The molecule has 2 N–H and O–H groups in total. The lowest BCUT2D eigenvalue weighted by Gasteiger charge is -2.36. The molecule has 2 saturated heterocycles. The fourth-order valence-corrected chi connectivity index (χ4v) is 3.49. The normalized spacial score (nSPS) is 24.5. The maximum absolute atomic E-state index is 12.2. The number of nitrogens with one attached hydrogen (secondary N) is 2. The van der Waals surface area contributed by atoms with Gasteiger partial charge in [0.15, 0.2) is 0 Å². The van der Waals surface area contributed by atoms with Crippen molar-refractivity contribution in [1.82, 2.24) is 15.6 Å². The number of ether oxygens (including phenoxy) is 1. The van der Waals surface area contributed by atoms with E-state index in [9.17, 15) is 4.79 Å². The van der Waals surface area contributed by atoms with Gasteiger partial charge < -0.3 is 20.3 Å². The molecular formula is C18H29ClN4O2.